The third kappa shape index (κ3) is 4.45. The van der Waals surface area contributed by atoms with Crippen molar-refractivity contribution in [2.75, 3.05) is 7.11 Å². The highest BCUT2D eigenvalue weighted by atomic mass is 16.6. The van der Waals surface area contributed by atoms with Crippen LogP contribution in [-0.2, 0) is 22.5 Å². The predicted octanol–water partition coefficient (Wildman–Crippen LogP) is 2.25. The number of rotatable bonds is 6. The molecule has 1 aromatic rings. The van der Waals surface area contributed by atoms with Gasteiger partial charge >= 0.3 is 0 Å². The number of hydrogen-bond donors (Lipinski definition) is 1. The largest absolute Gasteiger partial charge is 0.277 e. The zero-order chi connectivity index (χ0) is 11.8. The predicted molar refractivity (Wildman–Crippen MR) is 63.9 cm³/mol. The molecule has 1 N–H and O–H groups in total. The van der Waals surface area contributed by atoms with E-state index in [9.17, 15) is 4.79 Å². The molecule has 0 heterocycles. The molecular weight excluding hydrogens is 202 g/mol. The lowest BCUT2D eigenvalue weighted by Gasteiger charge is -2.04. The molecule has 16 heavy (non-hydrogen) atoms. The van der Waals surface area contributed by atoms with E-state index >= 15 is 0 Å². The van der Waals surface area contributed by atoms with Gasteiger partial charge in [-0.25, -0.2) is 5.48 Å². The van der Waals surface area contributed by atoms with Crippen molar-refractivity contribution in [1.29, 1.82) is 0 Å². The van der Waals surface area contributed by atoms with E-state index in [-0.39, 0.29) is 5.91 Å². The number of hydrogen-bond acceptors (Lipinski definition) is 2. The van der Waals surface area contributed by atoms with Crippen molar-refractivity contribution in [3.63, 3.8) is 0 Å². The standard InChI is InChI=1S/C13H19NO2/c1-3-4-5-11-6-8-12(9-7-11)10-13(15)14-16-2/h6-9H,3-5,10H2,1-2H3,(H,14,15). The van der Waals surface area contributed by atoms with Crippen LogP contribution in [0.3, 0.4) is 0 Å². The average molecular weight is 221 g/mol. The van der Waals surface area contributed by atoms with Crippen LogP contribution in [0, 0.1) is 0 Å². The molecule has 3 nitrogen and oxygen atoms in total. The van der Waals surface area contributed by atoms with Gasteiger partial charge in [0.1, 0.15) is 0 Å². The lowest BCUT2D eigenvalue weighted by atomic mass is 10.0. The Kier molecular flexibility index (Phi) is 5.57. The maximum Gasteiger partial charge on any atom is 0.247 e. The number of nitrogens with one attached hydrogen (secondary N) is 1. The summed E-state index contributed by atoms with van der Waals surface area (Å²) < 4.78 is 0. The molecule has 0 atom stereocenters. The molecule has 1 amide bonds. The van der Waals surface area contributed by atoms with Gasteiger partial charge < -0.3 is 0 Å². The van der Waals surface area contributed by atoms with Crippen LogP contribution in [-0.4, -0.2) is 13.0 Å². The Bertz CT molecular complexity index is 319. The summed E-state index contributed by atoms with van der Waals surface area (Å²) in [6, 6.07) is 8.18. The van der Waals surface area contributed by atoms with Gasteiger partial charge in [-0.05, 0) is 24.0 Å². The molecule has 0 aliphatic rings. The quantitative estimate of drug-likeness (QED) is 0.748. The molecule has 0 aliphatic heterocycles. The van der Waals surface area contributed by atoms with Gasteiger partial charge in [0, 0.05) is 0 Å². The third-order valence-electron chi connectivity index (χ3n) is 2.42. The first-order chi connectivity index (χ1) is 7.76. The van der Waals surface area contributed by atoms with Crippen LogP contribution in [0.4, 0.5) is 0 Å². The SMILES string of the molecule is CCCCc1ccc(CC(=O)NOC)cc1. The smallest absolute Gasteiger partial charge is 0.247 e. The summed E-state index contributed by atoms with van der Waals surface area (Å²) in [6.07, 6.45) is 3.89. The highest BCUT2D eigenvalue weighted by Gasteiger charge is 2.02. The van der Waals surface area contributed by atoms with E-state index in [4.69, 9.17) is 0 Å². The Morgan fingerprint density at radius 2 is 1.88 bits per heavy atom. The van der Waals surface area contributed by atoms with Crippen LogP contribution in [0.2, 0.25) is 0 Å². The van der Waals surface area contributed by atoms with Crippen LogP contribution in [0.15, 0.2) is 24.3 Å². The minimum Gasteiger partial charge on any atom is -0.277 e. The second-order valence-electron chi connectivity index (χ2n) is 3.83. The van der Waals surface area contributed by atoms with Gasteiger partial charge in [-0.2, -0.15) is 0 Å². The van der Waals surface area contributed by atoms with Crippen molar-refractivity contribution in [1.82, 2.24) is 5.48 Å². The number of unbranched alkanes of at least 4 members (excludes halogenated alkanes) is 1. The maximum absolute atomic E-state index is 11.2. The van der Waals surface area contributed by atoms with E-state index in [1.165, 1.54) is 25.5 Å². The van der Waals surface area contributed by atoms with Crippen LogP contribution in [0.25, 0.3) is 0 Å². The molecular formula is C13H19NO2. The summed E-state index contributed by atoms with van der Waals surface area (Å²) in [6.45, 7) is 2.18. The molecule has 88 valence electrons. The van der Waals surface area contributed by atoms with E-state index in [1.807, 2.05) is 12.1 Å². The van der Waals surface area contributed by atoms with Gasteiger partial charge in [-0.15, -0.1) is 0 Å². The average Bonchev–Trinajstić information content (AvgIpc) is 2.28. The van der Waals surface area contributed by atoms with Gasteiger partial charge in [-0.1, -0.05) is 37.6 Å². The van der Waals surface area contributed by atoms with E-state index in [0.29, 0.717) is 6.42 Å². The molecule has 1 rings (SSSR count). The molecule has 0 radical (unpaired) electrons. The van der Waals surface area contributed by atoms with E-state index in [2.05, 4.69) is 29.4 Å². The summed E-state index contributed by atoms with van der Waals surface area (Å²) in [5.41, 5.74) is 4.64. The lowest BCUT2D eigenvalue weighted by Crippen LogP contribution is -2.23. The van der Waals surface area contributed by atoms with Gasteiger partial charge in [0.2, 0.25) is 5.91 Å². The number of amides is 1. The van der Waals surface area contributed by atoms with Crippen molar-refractivity contribution in [2.24, 2.45) is 0 Å². The molecule has 1 aromatic carbocycles. The highest BCUT2D eigenvalue weighted by Crippen LogP contribution is 2.08. The lowest BCUT2D eigenvalue weighted by molar-refractivity contribution is -0.130. The van der Waals surface area contributed by atoms with Crippen LogP contribution < -0.4 is 5.48 Å². The Balaban J connectivity index is 2.47. The molecule has 0 unspecified atom stereocenters. The van der Waals surface area contributed by atoms with Crippen LogP contribution in [0.1, 0.15) is 30.9 Å². The first-order valence-electron chi connectivity index (χ1n) is 5.66. The number of carbonyl (C=O) groups excluding carboxylic acids is 1. The highest BCUT2D eigenvalue weighted by molar-refractivity contribution is 5.77. The number of carbonyl (C=O) groups is 1. The summed E-state index contributed by atoms with van der Waals surface area (Å²) in [4.78, 5) is 15.8. The first kappa shape index (κ1) is 12.7. The second-order valence-corrected chi connectivity index (χ2v) is 3.83. The van der Waals surface area contributed by atoms with Gasteiger partial charge in [0.25, 0.3) is 0 Å². The van der Waals surface area contributed by atoms with Crippen molar-refractivity contribution >= 4 is 5.91 Å². The zero-order valence-electron chi connectivity index (χ0n) is 9.95. The van der Waals surface area contributed by atoms with Gasteiger partial charge in [-0.3, -0.25) is 9.63 Å². The fraction of sp³-hybridized carbons (Fsp3) is 0.462. The van der Waals surface area contributed by atoms with Crippen molar-refractivity contribution in [3.05, 3.63) is 35.4 Å². The third-order valence-corrected chi connectivity index (χ3v) is 2.42. The molecule has 0 aliphatic carbocycles. The molecule has 3 heteroatoms. The normalized spacial score (nSPS) is 10.1. The van der Waals surface area contributed by atoms with E-state index in [0.717, 1.165) is 12.0 Å². The van der Waals surface area contributed by atoms with E-state index < -0.39 is 0 Å². The van der Waals surface area contributed by atoms with Gasteiger partial charge in [0.05, 0.1) is 13.5 Å². The molecule has 0 spiro atoms. The fourth-order valence-electron chi connectivity index (χ4n) is 1.54. The molecule has 0 bridgehead atoms. The summed E-state index contributed by atoms with van der Waals surface area (Å²) in [5, 5.41) is 0. The van der Waals surface area contributed by atoms with Crippen LogP contribution >= 0.6 is 0 Å². The summed E-state index contributed by atoms with van der Waals surface area (Å²) in [7, 11) is 1.44. The minimum absolute atomic E-state index is 0.121. The topological polar surface area (TPSA) is 38.3 Å². The van der Waals surface area contributed by atoms with Crippen molar-refractivity contribution in [2.45, 2.75) is 32.6 Å². The summed E-state index contributed by atoms with van der Waals surface area (Å²) in [5.74, 6) is -0.121. The Labute approximate surface area is 96.8 Å². The molecule has 0 fully saturated rings. The molecule has 0 saturated heterocycles. The monoisotopic (exact) mass is 221 g/mol. The van der Waals surface area contributed by atoms with Gasteiger partial charge in [0.15, 0.2) is 0 Å². The molecule has 0 aromatic heterocycles. The maximum atomic E-state index is 11.2. The first-order valence-corrected chi connectivity index (χ1v) is 5.66. The van der Waals surface area contributed by atoms with Crippen molar-refractivity contribution in [3.8, 4) is 0 Å². The second kappa shape index (κ2) is 7.01. The Morgan fingerprint density at radius 3 is 2.44 bits per heavy atom. The zero-order valence-corrected chi connectivity index (χ0v) is 9.95. The molecule has 0 saturated carbocycles. The minimum atomic E-state index is -0.121. The van der Waals surface area contributed by atoms with Crippen LogP contribution in [0.5, 0.6) is 0 Å². The number of hydroxylamine groups is 1. The van der Waals surface area contributed by atoms with E-state index in [1.54, 1.807) is 0 Å². The summed E-state index contributed by atoms with van der Waals surface area (Å²) >= 11 is 0. The fourth-order valence-corrected chi connectivity index (χ4v) is 1.54. The number of benzene rings is 1. The Morgan fingerprint density at radius 1 is 1.25 bits per heavy atom. The number of aryl methyl sites for hydroxylation is 1. The Hall–Kier alpha value is -1.35. The van der Waals surface area contributed by atoms with Crippen molar-refractivity contribution < 1.29 is 9.63 Å².